The first kappa shape index (κ1) is 19.7. The highest BCUT2D eigenvalue weighted by Crippen LogP contribution is 2.30. The zero-order chi connectivity index (χ0) is 20.9. The van der Waals surface area contributed by atoms with Crippen molar-refractivity contribution in [2.75, 3.05) is 10.6 Å². The number of rotatable bonds is 6. The number of hydrogen-bond donors (Lipinski definition) is 2. The number of nitrogens with one attached hydrogen (secondary N) is 2. The van der Waals surface area contributed by atoms with E-state index in [0.717, 1.165) is 37.3 Å². The van der Waals surface area contributed by atoms with Crippen molar-refractivity contribution in [3.8, 4) is 11.3 Å². The van der Waals surface area contributed by atoms with Gasteiger partial charge in [-0.1, -0.05) is 19.3 Å². The highest BCUT2D eigenvalue weighted by Gasteiger charge is 2.18. The SMILES string of the molecule is O=[N+]([O-])c1cc(F)ccc1Nc1cc(-c2cccnc2)nc(NC2CCCCC2)n1. The molecule has 1 fully saturated rings. The lowest BCUT2D eigenvalue weighted by Gasteiger charge is -2.23. The van der Waals surface area contributed by atoms with Gasteiger partial charge in [-0.05, 0) is 37.1 Å². The number of nitro groups is 1. The number of nitro benzene ring substituents is 1. The van der Waals surface area contributed by atoms with E-state index in [9.17, 15) is 14.5 Å². The van der Waals surface area contributed by atoms with Crippen molar-refractivity contribution >= 4 is 23.1 Å². The van der Waals surface area contributed by atoms with Crippen LogP contribution in [0, 0.1) is 15.9 Å². The number of pyridine rings is 1. The van der Waals surface area contributed by atoms with Crippen LogP contribution < -0.4 is 10.6 Å². The normalized spacial score (nSPS) is 14.3. The molecule has 1 aliphatic rings. The van der Waals surface area contributed by atoms with Crippen molar-refractivity contribution in [3.05, 3.63) is 64.7 Å². The molecule has 0 unspecified atom stereocenters. The molecule has 2 N–H and O–H groups in total. The van der Waals surface area contributed by atoms with Gasteiger partial charge in [0.15, 0.2) is 0 Å². The monoisotopic (exact) mass is 408 g/mol. The van der Waals surface area contributed by atoms with E-state index >= 15 is 0 Å². The number of aromatic nitrogens is 3. The molecular formula is C21H21FN6O2. The summed E-state index contributed by atoms with van der Waals surface area (Å²) in [5.74, 6) is 0.137. The Morgan fingerprint density at radius 3 is 2.67 bits per heavy atom. The summed E-state index contributed by atoms with van der Waals surface area (Å²) in [7, 11) is 0. The minimum atomic E-state index is -0.675. The maximum absolute atomic E-state index is 13.5. The first-order valence-corrected chi connectivity index (χ1v) is 9.85. The molecule has 0 atom stereocenters. The van der Waals surface area contributed by atoms with Gasteiger partial charge in [0.1, 0.15) is 17.3 Å². The quantitative estimate of drug-likeness (QED) is 0.433. The molecule has 1 aromatic carbocycles. The van der Waals surface area contributed by atoms with Crippen LogP contribution in [-0.2, 0) is 0 Å². The second-order valence-corrected chi connectivity index (χ2v) is 7.23. The predicted octanol–water partition coefficient (Wildman–Crippen LogP) is 5.07. The second-order valence-electron chi connectivity index (χ2n) is 7.23. The number of anilines is 3. The summed E-state index contributed by atoms with van der Waals surface area (Å²) < 4.78 is 13.5. The van der Waals surface area contributed by atoms with Gasteiger partial charge in [-0.15, -0.1) is 0 Å². The molecule has 0 radical (unpaired) electrons. The minimum absolute atomic E-state index is 0.154. The van der Waals surface area contributed by atoms with E-state index in [4.69, 9.17) is 0 Å². The average molecular weight is 408 g/mol. The summed E-state index contributed by atoms with van der Waals surface area (Å²) >= 11 is 0. The molecule has 154 valence electrons. The molecule has 0 amide bonds. The Balaban J connectivity index is 1.69. The van der Waals surface area contributed by atoms with Crippen molar-refractivity contribution < 1.29 is 9.31 Å². The van der Waals surface area contributed by atoms with Crippen molar-refractivity contribution in [2.24, 2.45) is 0 Å². The molecule has 2 heterocycles. The van der Waals surface area contributed by atoms with E-state index < -0.39 is 10.7 Å². The Kier molecular flexibility index (Phi) is 5.78. The average Bonchev–Trinajstić information content (AvgIpc) is 2.76. The zero-order valence-corrected chi connectivity index (χ0v) is 16.2. The van der Waals surface area contributed by atoms with Crippen molar-refractivity contribution in [2.45, 2.75) is 38.1 Å². The maximum Gasteiger partial charge on any atom is 0.295 e. The summed E-state index contributed by atoms with van der Waals surface area (Å²) in [6, 6.07) is 9.04. The van der Waals surface area contributed by atoms with Gasteiger partial charge in [0.2, 0.25) is 5.95 Å². The molecule has 4 rings (SSSR count). The van der Waals surface area contributed by atoms with Gasteiger partial charge in [-0.3, -0.25) is 15.1 Å². The van der Waals surface area contributed by atoms with Crippen molar-refractivity contribution in [1.82, 2.24) is 15.0 Å². The number of hydrogen-bond acceptors (Lipinski definition) is 7. The fourth-order valence-corrected chi connectivity index (χ4v) is 3.57. The zero-order valence-electron chi connectivity index (χ0n) is 16.2. The van der Waals surface area contributed by atoms with Crippen LogP contribution in [0.1, 0.15) is 32.1 Å². The lowest BCUT2D eigenvalue weighted by Crippen LogP contribution is -2.23. The summed E-state index contributed by atoms with van der Waals surface area (Å²) in [6.45, 7) is 0. The van der Waals surface area contributed by atoms with Crippen LogP contribution in [0.2, 0.25) is 0 Å². The van der Waals surface area contributed by atoms with Crippen molar-refractivity contribution in [3.63, 3.8) is 0 Å². The van der Waals surface area contributed by atoms with Gasteiger partial charge in [-0.2, -0.15) is 4.98 Å². The third-order valence-electron chi connectivity index (χ3n) is 5.04. The van der Waals surface area contributed by atoms with Crippen molar-refractivity contribution in [1.29, 1.82) is 0 Å². The highest BCUT2D eigenvalue weighted by atomic mass is 19.1. The Hall–Kier alpha value is -3.62. The molecule has 1 saturated carbocycles. The largest absolute Gasteiger partial charge is 0.351 e. The molecule has 8 nitrogen and oxygen atoms in total. The summed E-state index contributed by atoms with van der Waals surface area (Å²) in [5, 5.41) is 17.7. The highest BCUT2D eigenvalue weighted by molar-refractivity contribution is 5.71. The summed E-state index contributed by atoms with van der Waals surface area (Å²) in [5.41, 5.74) is 1.21. The molecule has 9 heteroatoms. The fraction of sp³-hybridized carbons (Fsp3) is 0.286. The van der Waals surface area contributed by atoms with Gasteiger partial charge < -0.3 is 10.6 Å². The summed E-state index contributed by atoms with van der Waals surface area (Å²) in [6.07, 6.45) is 9.01. The topological polar surface area (TPSA) is 106 Å². The lowest BCUT2D eigenvalue weighted by molar-refractivity contribution is -0.384. The van der Waals surface area contributed by atoms with E-state index in [1.807, 2.05) is 12.1 Å². The van der Waals surface area contributed by atoms with Crippen LogP contribution in [0.15, 0.2) is 48.8 Å². The van der Waals surface area contributed by atoms with Gasteiger partial charge in [-0.25, -0.2) is 9.37 Å². The maximum atomic E-state index is 13.5. The number of halogens is 1. The Bertz CT molecular complexity index is 1040. The second kappa shape index (κ2) is 8.81. The molecule has 2 aromatic heterocycles. The van der Waals surface area contributed by atoms with Gasteiger partial charge in [0.25, 0.3) is 5.69 Å². The lowest BCUT2D eigenvalue weighted by atomic mass is 9.96. The van der Waals surface area contributed by atoms with Gasteiger partial charge in [0.05, 0.1) is 16.7 Å². The third-order valence-corrected chi connectivity index (χ3v) is 5.04. The first-order chi connectivity index (χ1) is 14.6. The number of benzene rings is 1. The van der Waals surface area contributed by atoms with Crippen LogP contribution in [0.5, 0.6) is 0 Å². The molecule has 0 saturated heterocycles. The Morgan fingerprint density at radius 2 is 1.93 bits per heavy atom. The van der Waals surface area contributed by atoms with Gasteiger partial charge in [0, 0.05) is 30.1 Å². The first-order valence-electron chi connectivity index (χ1n) is 9.85. The molecule has 1 aliphatic carbocycles. The Labute approximate surface area is 172 Å². The van der Waals surface area contributed by atoms with Crippen LogP contribution in [0.25, 0.3) is 11.3 Å². The Morgan fingerprint density at radius 1 is 1.10 bits per heavy atom. The van der Waals surface area contributed by atoms with Gasteiger partial charge >= 0.3 is 0 Å². The summed E-state index contributed by atoms with van der Waals surface area (Å²) in [4.78, 5) is 23.9. The van der Waals surface area contributed by atoms with E-state index in [1.165, 1.54) is 18.6 Å². The molecule has 0 bridgehead atoms. The van der Waals surface area contributed by atoms with Crippen LogP contribution in [-0.4, -0.2) is 25.9 Å². The molecule has 0 aliphatic heterocycles. The van der Waals surface area contributed by atoms with E-state index in [0.29, 0.717) is 17.5 Å². The van der Waals surface area contributed by atoms with Crippen LogP contribution >= 0.6 is 0 Å². The van der Waals surface area contributed by atoms with E-state index in [2.05, 4.69) is 25.6 Å². The van der Waals surface area contributed by atoms with Crippen LogP contribution in [0.4, 0.5) is 27.5 Å². The van der Waals surface area contributed by atoms with E-state index in [-0.39, 0.29) is 17.4 Å². The standard InChI is InChI=1S/C21H21FN6O2/c22-15-8-9-17(19(11-15)28(29)30)25-20-12-18(14-5-4-10-23-13-14)26-21(27-20)24-16-6-2-1-3-7-16/h4-5,8-13,16H,1-3,6-7H2,(H2,24,25,26,27). The van der Waals surface area contributed by atoms with Crippen LogP contribution in [0.3, 0.4) is 0 Å². The molecular weight excluding hydrogens is 387 g/mol. The number of nitrogens with zero attached hydrogens (tertiary/aromatic N) is 4. The molecule has 0 spiro atoms. The smallest absolute Gasteiger partial charge is 0.295 e. The van der Waals surface area contributed by atoms with E-state index in [1.54, 1.807) is 18.5 Å². The third kappa shape index (κ3) is 4.68. The fourth-order valence-electron chi connectivity index (χ4n) is 3.57. The minimum Gasteiger partial charge on any atom is -0.351 e. The predicted molar refractivity (Wildman–Crippen MR) is 112 cm³/mol. The molecule has 3 aromatic rings. The molecule has 30 heavy (non-hydrogen) atoms.